The summed E-state index contributed by atoms with van der Waals surface area (Å²) in [6, 6.07) is -0.185. The van der Waals surface area contributed by atoms with Gasteiger partial charge in [-0.05, 0) is 25.2 Å². The summed E-state index contributed by atoms with van der Waals surface area (Å²) in [4.78, 5) is 26.3. The van der Waals surface area contributed by atoms with E-state index in [1.165, 1.54) is 11.8 Å². The molecular weight excluding hydrogens is 416 g/mol. The highest BCUT2D eigenvalue weighted by Gasteiger charge is 2.25. The number of likely N-dealkylation sites (tertiary alicyclic amines) is 1. The Morgan fingerprint density at radius 2 is 1.97 bits per heavy atom. The minimum atomic E-state index is -3.56. The minimum Gasteiger partial charge on any atom is -0.394 e. The number of piperidine rings is 1. The highest BCUT2D eigenvalue weighted by molar-refractivity contribution is 7.99. The quantitative estimate of drug-likeness (QED) is 0.452. The number of hydrogen-bond acceptors (Lipinski definition) is 9. The molecule has 164 valence electrons. The molecule has 1 aromatic rings. The van der Waals surface area contributed by atoms with Crippen LogP contribution in [-0.2, 0) is 14.8 Å². The first kappa shape index (κ1) is 23.6. The Morgan fingerprint density at radius 3 is 2.59 bits per heavy atom. The van der Waals surface area contributed by atoms with Gasteiger partial charge in [-0.2, -0.15) is 15.0 Å². The Hall–Kier alpha value is -1.66. The van der Waals surface area contributed by atoms with E-state index in [1.54, 1.807) is 11.9 Å². The van der Waals surface area contributed by atoms with Gasteiger partial charge >= 0.3 is 0 Å². The maximum atomic E-state index is 11.9. The predicted octanol–water partition coefficient (Wildman–Crippen LogP) is 1.16. The molecule has 1 aromatic heterocycles. The number of sulfonamides is 1. The molecule has 2 heterocycles. The minimum absolute atomic E-state index is 0.0758. The van der Waals surface area contributed by atoms with E-state index >= 15 is 0 Å². The van der Waals surface area contributed by atoms with E-state index < -0.39 is 10.0 Å². The molecule has 0 bridgehead atoms. The normalized spacial score (nSPS) is 18.8. The largest absolute Gasteiger partial charge is 0.394 e. The van der Waals surface area contributed by atoms with E-state index in [0.29, 0.717) is 29.7 Å². The summed E-state index contributed by atoms with van der Waals surface area (Å²) in [6.07, 6.45) is 4.05. The zero-order chi connectivity index (χ0) is 21.6. The van der Waals surface area contributed by atoms with E-state index in [0.717, 1.165) is 19.1 Å². The Morgan fingerprint density at radius 1 is 1.28 bits per heavy atom. The standard InChI is InChI=1S/C17H30N6O4S2/c1-11(2)8-12(9-24)18-15-19-16(22-29(4,26)27)21-17(20-15)28-10-13-6-5-7-14(25)23(13)3/h11-13,24H,5-10H2,1-4H3,(H2,18,19,20,21,22)/t12-,13-/m1/s1. The zero-order valence-electron chi connectivity index (χ0n) is 17.3. The lowest BCUT2D eigenvalue weighted by Gasteiger charge is -2.32. The summed E-state index contributed by atoms with van der Waals surface area (Å²) < 4.78 is 25.5. The Balaban J connectivity index is 2.18. The van der Waals surface area contributed by atoms with Gasteiger partial charge in [0.05, 0.1) is 18.9 Å². The molecule has 1 fully saturated rings. The molecule has 10 nitrogen and oxygen atoms in total. The average molecular weight is 447 g/mol. The van der Waals surface area contributed by atoms with Gasteiger partial charge in [0.2, 0.25) is 27.8 Å². The van der Waals surface area contributed by atoms with Crippen molar-refractivity contribution in [1.29, 1.82) is 0 Å². The summed E-state index contributed by atoms with van der Waals surface area (Å²) in [5.41, 5.74) is 0. The van der Waals surface area contributed by atoms with Crippen molar-refractivity contribution >= 4 is 39.6 Å². The third-order valence-electron chi connectivity index (χ3n) is 4.48. The van der Waals surface area contributed by atoms with Gasteiger partial charge in [-0.15, -0.1) is 0 Å². The van der Waals surface area contributed by atoms with Crippen LogP contribution in [0.4, 0.5) is 11.9 Å². The Bertz CT molecular complexity index is 805. The molecule has 0 aliphatic carbocycles. The molecule has 0 unspecified atom stereocenters. The number of thioether (sulfide) groups is 1. The zero-order valence-corrected chi connectivity index (χ0v) is 18.9. The highest BCUT2D eigenvalue weighted by Crippen LogP contribution is 2.24. The number of nitrogens with zero attached hydrogens (tertiary/aromatic N) is 4. The number of aliphatic hydroxyl groups is 1. The maximum absolute atomic E-state index is 11.9. The van der Waals surface area contributed by atoms with E-state index in [1.807, 2.05) is 13.8 Å². The van der Waals surface area contributed by atoms with Crippen LogP contribution in [0.5, 0.6) is 0 Å². The number of rotatable bonds is 10. The number of hydrogen-bond donors (Lipinski definition) is 3. The van der Waals surface area contributed by atoms with Crippen molar-refractivity contribution in [2.75, 3.05) is 35.7 Å². The topological polar surface area (TPSA) is 137 Å². The van der Waals surface area contributed by atoms with Crippen molar-refractivity contribution in [3.63, 3.8) is 0 Å². The summed E-state index contributed by atoms with van der Waals surface area (Å²) >= 11 is 1.34. The summed E-state index contributed by atoms with van der Waals surface area (Å²) in [7, 11) is -1.76. The van der Waals surface area contributed by atoms with Crippen LogP contribution in [-0.4, -0.2) is 77.0 Å². The van der Waals surface area contributed by atoms with Crippen molar-refractivity contribution in [2.24, 2.45) is 5.92 Å². The van der Waals surface area contributed by atoms with Gasteiger partial charge in [0.25, 0.3) is 0 Å². The van der Waals surface area contributed by atoms with E-state index in [4.69, 9.17) is 0 Å². The molecule has 1 aliphatic heterocycles. The van der Waals surface area contributed by atoms with Crippen LogP contribution in [0.25, 0.3) is 0 Å². The number of carbonyl (C=O) groups excluding carboxylic acids is 1. The average Bonchev–Trinajstić information content (AvgIpc) is 2.60. The van der Waals surface area contributed by atoms with Gasteiger partial charge in [-0.1, -0.05) is 25.6 Å². The fraction of sp³-hybridized carbons (Fsp3) is 0.765. The van der Waals surface area contributed by atoms with E-state index in [9.17, 15) is 18.3 Å². The second-order valence-corrected chi connectivity index (χ2v) is 10.4. The molecule has 1 amide bonds. The fourth-order valence-electron chi connectivity index (χ4n) is 3.06. The second-order valence-electron chi connectivity index (χ2n) is 7.65. The molecule has 2 atom stereocenters. The Labute approximate surface area is 176 Å². The summed E-state index contributed by atoms with van der Waals surface area (Å²) in [5, 5.41) is 13.0. The van der Waals surface area contributed by atoms with Gasteiger partial charge in [-0.25, -0.2) is 8.42 Å². The predicted molar refractivity (Wildman–Crippen MR) is 113 cm³/mol. The van der Waals surface area contributed by atoms with E-state index in [-0.39, 0.29) is 36.5 Å². The van der Waals surface area contributed by atoms with Crippen LogP contribution in [0.15, 0.2) is 5.16 Å². The second kappa shape index (κ2) is 10.4. The van der Waals surface area contributed by atoms with Crippen LogP contribution in [0.3, 0.4) is 0 Å². The number of carbonyl (C=O) groups is 1. The van der Waals surface area contributed by atoms with Gasteiger partial charge in [0.1, 0.15) is 0 Å². The number of aliphatic hydroxyl groups excluding tert-OH is 1. The van der Waals surface area contributed by atoms with Crippen LogP contribution in [0.1, 0.15) is 39.5 Å². The smallest absolute Gasteiger partial charge is 0.242 e. The number of nitrogens with one attached hydrogen (secondary N) is 2. The van der Waals surface area contributed by atoms with Gasteiger partial charge in [-0.3, -0.25) is 9.52 Å². The molecule has 0 saturated carbocycles. The number of anilines is 2. The molecule has 1 aliphatic rings. The van der Waals surface area contributed by atoms with Crippen LogP contribution >= 0.6 is 11.8 Å². The molecule has 12 heteroatoms. The molecule has 0 aromatic carbocycles. The molecular formula is C17H30N6O4S2. The molecule has 0 radical (unpaired) electrons. The highest BCUT2D eigenvalue weighted by atomic mass is 32.2. The fourth-order valence-corrected chi connectivity index (χ4v) is 4.51. The van der Waals surface area contributed by atoms with Crippen LogP contribution in [0, 0.1) is 5.92 Å². The molecule has 29 heavy (non-hydrogen) atoms. The number of aromatic nitrogens is 3. The van der Waals surface area contributed by atoms with Crippen LogP contribution in [0.2, 0.25) is 0 Å². The number of amides is 1. The van der Waals surface area contributed by atoms with Crippen LogP contribution < -0.4 is 10.0 Å². The third kappa shape index (κ3) is 7.94. The maximum Gasteiger partial charge on any atom is 0.242 e. The van der Waals surface area contributed by atoms with Gasteiger partial charge in [0, 0.05) is 25.3 Å². The monoisotopic (exact) mass is 446 g/mol. The molecule has 1 saturated heterocycles. The first-order chi connectivity index (χ1) is 13.6. The SMILES string of the molecule is CC(C)C[C@H](CO)Nc1nc(NS(C)(=O)=O)nc(SC[C@H]2CCCC(=O)N2C)n1. The van der Waals surface area contributed by atoms with Gasteiger partial charge in [0.15, 0.2) is 5.16 Å². The van der Waals surface area contributed by atoms with Crippen molar-refractivity contribution in [3.8, 4) is 0 Å². The molecule has 0 spiro atoms. The first-order valence-corrected chi connectivity index (χ1v) is 12.4. The lowest BCUT2D eigenvalue weighted by molar-refractivity contribution is -0.133. The lowest BCUT2D eigenvalue weighted by atomic mass is 10.0. The van der Waals surface area contributed by atoms with Gasteiger partial charge < -0.3 is 15.3 Å². The molecule has 3 N–H and O–H groups in total. The summed E-state index contributed by atoms with van der Waals surface area (Å²) in [5.74, 6) is 1.18. The third-order valence-corrected chi connectivity index (χ3v) is 6.02. The Kier molecular flexibility index (Phi) is 8.46. The summed E-state index contributed by atoms with van der Waals surface area (Å²) in [6.45, 7) is 3.98. The van der Waals surface area contributed by atoms with E-state index in [2.05, 4.69) is 25.0 Å². The van der Waals surface area contributed by atoms with Crippen molar-refractivity contribution in [2.45, 2.75) is 56.8 Å². The van der Waals surface area contributed by atoms with Crippen molar-refractivity contribution in [1.82, 2.24) is 19.9 Å². The molecule has 2 rings (SSSR count). The lowest BCUT2D eigenvalue weighted by Crippen LogP contribution is -2.42. The first-order valence-electron chi connectivity index (χ1n) is 9.57. The van der Waals surface area contributed by atoms with Crippen molar-refractivity contribution < 1.29 is 18.3 Å². The van der Waals surface area contributed by atoms with Crippen molar-refractivity contribution in [3.05, 3.63) is 0 Å².